The Morgan fingerprint density at radius 3 is 2.39 bits per heavy atom. The van der Waals surface area contributed by atoms with Gasteiger partial charge in [-0.05, 0) is 53.9 Å². The van der Waals surface area contributed by atoms with E-state index in [-0.39, 0.29) is 0 Å². The Kier molecular flexibility index (Phi) is 5.05. The standard InChI is InChI=1S/C23H20Cl2N2O/c1-2-4-14-7-8-18-21(11-14)27(13-15-9-16(24)12-17(25)10-15)20-6-3-5-19(22(18)20)23(26)28/h3,5-12H,2,4,13H2,1H3,(H2,26,28). The Morgan fingerprint density at radius 1 is 0.964 bits per heavy atom. The number of amides is 1. The Bertz CT molecular complexity index is 1190. The maximum atomic E-state index is 12.1. The number of rotatable bonds is 5. The van der Waals surface area contributed by atoms with Crippen LogP contribution >= 0.6 is 23.2 Å². The third-order valence-corrected chi connectivity index (χ3v) is 5.46. The van der Waals surface area contributed by atoms with Gasteiger partial charge in [-0.25, -0.2) is 0 Å². The summed E-state index contributed by atoms with van der Waals surface area (Å²) in [6, 6.07) is 17.7. The van der Waals surface area contributed by atoms with Crippen molar-refractivity contribution in [2.45, 2.75) is 26.3 Å². The molecule has 0 saturated heterocycles. The average Bonchev–Trinajstić information content (AvgIpc) is 2.94. The van der Waals surface area contributed by atoms with Gasteiger partial charge in [0.2, 0.25) is 5.91 Å². The highest BCUT2D eigenvalue weighted by molar-refractivity contribution is 6.34. The zero-order valence-electron chi connectivity index (χ0n) is 15.5. The average molecular weight is 411 g/mol. The van der Waals surface area contributed by atoms with Gasteiger partial charge < -0.3 is 10.3 Å². The van der Waals surface area contributed by atoms with Crippen molar-refractivity contribution < 1.29 is 4.79 Å². The predicted octanol–water partition coefficient (Wildman–Crippen LogP) is 6.20. The number of hydrogen-bond donors (Lipinski definition) is 1. The highest BCUT2D eigenvalue weighted by Crippen LogP contribution is 2.33. The van der Waals surface area contributed by atoms with E-state index in [0.717, 1.165) is 40.2 Å². The third kappa shape index (κ3) is 3.36. The first kappa shape index (κ1) is 18.9. The molecule has 4 aromatic rings. The number of nitrogens with two attached hydrogens (primary N) is 1. The summed E-state index contributed by atoms with van der Waals surface area (Å²) in [5, 5.41) is 3.12. The Hall–Kier alpha value is -2.49. The van der Waals surface area contributed by atoms with Gasteiger partial charge in [-0.1, -0.05) is 54.7 Å². The molecule has 0 aliphatic heterocycles. The molecule has 3 aromatic carbocycles. The Morgan fingerprint density at radius 2 is 1.71 bits per heavy atom. The first-order valence-corrected chi connectivity index (χ1v) is 10.0. The van der Waals surface area contributed by atoms with Crippen molar-refractivity contribution in [3.63, 3.8) is 0 Å². The smallest absolute Gasteiger partial charge is 0.249 e. The molecule has 28 heavy (non-hydrogen) atoms. The molecular weight excluding hydrogens is 391 g/mol. The number of aryl methyl sites for hydroxylation is 1. The summed E-state index contributed by atoms with van der Waals surface area (Å²) < 4.78 is 2.21. The highest BCUT2D eigenvalue weighted by Gasteiger charge is 2.17. The SMILES string of the molecule is CCCc1ccc2c3c(C(N)=O)cccc3n(Cc3cc(Cl)cc(Cl)c3)c2c1. The van der Waals surface area contributed by atoms with Crippen molar-refractivity contribution in [2.75, 3.05) is 0 Å². The zero-order valence-corrected chi connectivity index (χ0v) is 17.0. The summed E-state index contributed by atoms with van der Waals surface area (Å²) in [6.45, 7) is 2.76. The second kappa shape index (κ2) is 7.50. The second-order valence-electron chi connectivity index (χ2n) is 7.03. The fourth-order valence-corrected chi connectivity index (χ4v) is 4.47. The fourth-order valence-electron chi connectivity index (χ4n) is 3.89. The zero-order chi connectivity index (χ0) is 19.8. The lowest BCUT2D eigenvalue weighted by Gasteiger charge is -2.10. The second-order valence-corrected chi connectivity index (χ2v) is 7.90. The van der Waals surface area contributed by atoms with Crippen molar-refractivity contribution in [2.24, 2.45) is 5.73 Å². The molecule has 3 nitrogen and oxygen atoms in total. The minimum Gasteiger partial charge on any atom is -0.366 e. The molecule has 1 heterocycles. The van der Waals surface area contributed by atoms with Crippen LogP contribution in [0.15, 0.2) is 54.6 Å². The van der Waals surface area contributed by atoms with Crippen molar-refractivity contribution in [3.8, 4) is 0 Å². The van der Waals surface area contributed by atoms with E-state index in [2.05, 4.69) is 29.7 Å². The molecule has 0 atom stereocenters. The van der Waals surface area contributed by atoms with Gasteiger partial charge in [-0.2, -0.15) is 0 Å². The van der Waals surface area contributed by atoms with Gasteiger partial charge >= 0.3 is 0 Å². The van der Waals surface area contributed by atoms with Crippen LogP contribution in [-0.2, 0) is 13.0 Å². The van der Waals surface area contributed by atoms with Crippen LogP contribution in [0.3, 0.4) is 0 Å². The maximum Gasteiger partial charge on any atom is 0.249 e. The van der Waals surface area contributed by atoms with E-state index in [0.29, 0.717) is 22.2 Å². The number of halogens is 2. The molecule has 2 N–H and O–H groups in total. The van der Waals surface area contributed by atoms with Crippen LogP contribution in [0.4, 0.5) is 0 Å². The molecule has 0 aliphatic carbocycles. The number of carbonyl (C=O) groups excluding carboxylic acids is 1. The van der Waals surface area contributed by atoms with Crippen LogP contribution in [0.25, 0.3) is 21.8 Å². The molecule has 1 amide bonds. The van der Waals surface area contributed by atoms with Crippen molar-refractivity contribution >= 4 is 50.9 Å². The molecule has 0 aliphatic rings. The van der Waals surface area contributed by atoms with Crippen molar-refractivity contribution in [3.05, 3.63) is 81.3 Å². The number of fused-ring (bicyclic) bond motifs is 3. The minimum absolute atomic E-state index is 0.423. The molecule has 4 rings (SSSR count). The highest BCUT2D eigenvalue weighted by atomic mass is 35.5. The van der Waals surface area contributed by atoms with Crippen LogP contribution in [0, 0.1) is 0 Å². The van der Waals surface area contributed by atoms with E-state index in [4.69, 9.17) is 28.9 Å². The summed E-state index contributed by atoms with van der Waals surface area (Å²) in [7, 11) is 0. The molecule has 0 spiro atoms. The molecule has 1 aromatic heterocycles. The molecule has 0 unspecified atom stereocenters. The van der Waals surface area contributed by atoms with Crippen LogP contribution < -0.4 is 5.73 Å². The summed E-state index contributed by atoms with van der Waals surface area (Å²) in [5.74, 6) is -0.423. The van der Waals surface area contributed by atoms with Crippen LogP contribution in [0.5, 0.6) is 0 Å². The molecule has 0 fully saturated rings. The van der Waals surface area contributed by atoms with E-state index in [9.17, 15) is 4.79 Å². The summed E-state index contributed by atoms with van der Waals surface area (Å²) in [6.07, 6.45) is 2.07. The summed E-state index contributed by atoms with van der Waals surface area (Å²) in [5.41, 5.74) is 10.5. The van der Waals surface area contributed by atoms with Crippen LogP contribution in [0.1, 0.15) is 34.8 Å². The topological polar surface area (TPSA) is 48.0 Å². The molecular formula is C23H20Cl2N2O. The van der Waals surface area contributed by atoms with Gasteiger partial charge in [0, 0.05) is 38.4 Å². The molecule has 0 radical (unpaired) electrons. The summed E-state index contributed by atoms with van der Waals surface area (Å²) in [4.78, 5) is 12.1. The number of aromatic nitrogens is 1. The minimum atomic E-state index is -0.423. The van der Waals surface area contributed by atoms with Gasteiger partial charge in [0.25, 0.3) is 0 Å². The van der Waals surface area contributed by atoms with Crippen molar-refractivity contribution in [1.82, 2.24) is 4.57 Å². The van der Waals surface area contributed by atoms with Gasteiger partial charge in [-0.15, -0.1) is 0 Å². The quantitative estimate of drug-likeness (QED) is 0.418. The van der Waals surface area contributed by atoms with E-state index < -0.39 is 5.91 Å². The number of primary amides is 1. The molecule has 5 heteroatoms. The largest absolute Gasteiger partial charge is 0.366 e. The maximum absolute atomic E-state index is 12.1. The predicted molar refractivity (Wildman–Crippen MR) is 118 cm³/mol. The third-order valence-electron chi connectivity index (χ3n) is 5.02. The number of hydrogen-bond acceptors (Lipinski definition) is 1. The number of benzene rings is 3. The summed E-state index contributed by atoms with van der Waals surface area (Å²) >= 11 is 12.4. The molecule has 142 valence electrons. The number of nitrogens with zero attached hydrogens (tertiary/aromatic N) is 1. The van der Waals surface area contributed by atoms with Gasteiger partial charge in [0.05, 0.1) is 5.52 Å². The number of carbonyl (C=O) groups is 1. The first-order chi connectivity index (χ1) is 13.5. The van der Waals surface area contributed by atoms with Gasteiger partial charge in [-0.3, -0.25) is 4.79 Å². The van der Waals surface area contributed by atoms with Crippen molar-refractivity contribution in [1.29, 1.82) is 0 Å². The lowest BCUT2D eigenvalue weighted by molar-refractivity contribution is 0.100. The van der Waals surface area contributed by atoms with E-state index in [1.54, 1.807) is 12.1 Å². The normalized spacial score (nSPS) is 11.4. The Balaban J connectivity index is 2.02. The van der Waals surface area contributed by atoms with E-state index >= 15 is 0 Å². The van der Waals surface area contributed by atoms with E-state index in [1.165, 1.54) is 5.56 Å². The lowest BCUT2D eigenvalue weighted by atomic mass is 10.0. The fraction of sp³-hybridized carbons (Fsp3) is 0.174. The molecule has 0 saturated carbocycles. The van der Waals surface area contributed by atoms with Gasteiger partial charge in [0.1, 0.15) is 0 Å². The van der Waals surface area contributed by atoms with Crippen LogP contribution in [0.2, 0.25) is 10.0 Å². The van der Waals surface area contributed by atoms with Crippen LogP contribution in [-0.4, -0.2) is 10.5 Å². The Labute approximate surface area is 173 Å². The monoisotopic (exact) mass is 410 g/mol. The van der Waals surface area contributed by atoms with E-state index in [1.807, 2.05) is 24.3 Å². The lowest BCUT2D eigenvalue weighted by Crippen LogP contribution is -2.11. The first-order valence-electron chi connectivity index (χ1n) is 9.26. The molecule has 0 bridgehead atoms. The van der Waals surface area contributed by atoms with Gasteiger partial charge in [0.15, 0.2) is 0 Å².